The highest BCUT2D eigenvalue weighted by Gasteiger charge is 2.09. The molecule has 18 heavy (non-hydrogen) atoms. The molecule has 0 saturated heterocycles. The van der Waals surface area contributed by atoms with Crippen LogP contribution in [0.2, 0.25) is 0 Å². The molecule has 0 bridgehead atoms. The minimum absolute atomic E-state index is 0.535. The molecule has 0 saturated carbocycles. The van der Waals surface area contributed by atoms with Gasteiger partial charge in [0.25, 0.3) is 0 Å². The lowest BCUT2D eigenvalue weighted by molar-refractivity contribution is 0.195. The molecule has 0 heterocycles. The van der Waals surface area contributed by atoms with E-state index in [-0.39, 0.29) is 0 Å². The Kier molecular flexibility index (Phi) is 3.68. The summed E-state index contributed by atoms with van der Waals surface area (Å²) in [7, 11) is 0. The topological polar surface area (TPSA) is 29.5 Å². The van der Waals surface area contributed by atoms with E-state index in [9.17, 15) is 5.11 Å². The van der Waals surface area contributed by atoms with Crippen LogP contribution in [-0.4, -0.2) is 5.11 Å². The number of aliphatic hydroxyl groups excluding tert-OH is 1. The van der Waals surface area contributed by atoms with Crippen LogP contribution in [-0.2, 0) is 0 Å². The third kappa shape index (κ3) is 2.90. The molecule has 1 atom stereocenters. The second-order valence-corrected chi connectivity index (χ2v) is 4.64. The molecule has 0 fully saturated rings. The van der Waals surface area contributed by atoms with Gasteiger partial charge in [-0.25, -0.2) is 0 Å². The van der Waals surface area contributed by atoms with Gasteiger partial charge in [-0.1, -0.05) is 24.3 Å². The van der Waals surface area contributed by atoms with E-state index in [4.69, 9.17) is 4.74 Å². The predicted octanol–water partition coefficient (Wildman–Crippen LogP) is 4.15. The zero-order valence-corrected chi connectivity index (χ0v) is 11.0. The molecule has 0 spiro atoms. The van der Waals surface area contributed by atoms with E-state index in [1.165, 1.54) is 11.1 Å². The van der Waals surface area contributed by atoms with E-state index in [2.05, 4.69) is 6.07 Å². The second-order valence-electron chi connectivity index (χ2n) is 4.64. The van der Waals surface area contributed by atoms with Gasteiger partial charge in [0.05, 0.1) is 6.10 Å². The minimum Gasteiger partial charge on any atom is -0.457 e. The van der Waals surface area contributed by atoms with Gasteiger partial charge in [-0.15, -0.1) is 0 Å². The van der Waals surface area contributed by atoms with Crippen LogP contribution in [0.25, 0.3) is 0 Å². The van der Waals surface area contributed by atoms with E-state index < -0.39 is 6.10 Å². The fourth-order valence-corrected chi connectivity index (χ4v) is 2.04. The Hall–Kier alpha value is -1.80. The Balaban J connectivity index is 2.34. The van der Waals surface area contributed by atoms with Gasteiger partial charge in [0, 0.05) is 5.56 Å². The predicted molar refractivity (Wildman–Crippen MR) is 73.1 cm³/mol. The summed E-state index contributed by atoms with van der Waals surface area (Å²) >= 11 is 0. The minimum atomic E-state index is -0.535. The van der Waals surface area contributed by atoms with Crippen LogP contribution < -0.4 is 4.74 Å². The first kappa shape index (κ1) is 12.7. The lowest BCUT2D eigenvalue weighted by Gasteiger charge is -2.13. The summed E-state index contributed by atoms with van der Waals surface area (Å²) in [5.74, 6) is 1.51. The van der Waals surface area contributed by atoms with E-state index in [1.807, 2.05) is 50.2 Å². The molecule has 0 aliphatic carbocycles. The van der Waals surface area contributed by atoms with Gasteiger partial charge >= 0.3 is 0 Å². The lowest BCUT2D eigenvalue weighted by atomic mass is 10.1. The smallest absolute Gasteiger partial charge is 0.133 e. The van der Waals surface area contributed by atoms with E-state index in [1.54, 1.807) is 6.92 Å². The van der Waals surface area contributed by atoms with Crippen molar-refractivity contribution in [1.29, 1.82) is 0 Å². The fraction of sp³-hybridized carbons (Fsp3) is 0.250. The number of aryl methyl sites for hydroxylation is 2. The van der Waals surface area contributed by atoms with Crippen molar-refractivity contribution in [1.82, 2.24) is 0 Å². The van der Waals surface area contributed by atoms with Crippen molar-refractivity contribution in [3.63, 3.8) is 0 Å². The van der Waals surface area contributed by atoms with Crippen LogP contribution in [0.1, 0.15) is 29.7 Å². The normalized spacial score (nSPS) is 12.2. The Labute approximate surface area is 108 Å². The maximum Gasteiger partial charge on any atom is 0.133 e. The van der Waals surface area contributed by atoms with Crippen molar-refractivity contribution in [3.8, 4) is 11.5 Å². The molecule has 94 valence electrons. The van der Waals surface area contributed by atoms with Crippen molar-refractivity contribution in [2.45, 2.75) is 26.9 Å². The maximum absolute atomic E-state index is 9.71. The van der Waals surface area contributed by atoms with Gasteiger partial charge in [-0.2, -0.15) is 0 Å². The van der Waals surface area contributed by atoms with Gasteiger partial charge in [-0.05, 0) is 50.1 Å². The Morgan fingerprint density at radius 1 is 1.00 bits per heavy atom. The van der Waals surface area contributed by atoms with E-state index >= 15 is 0 Å². The molecule has 0 amide bonds. The lowest BCUT2D eigenvalue weighted by Crippen LogP contribution is -1.96. The number of hydrogen-bond donors (Lipinski definition) is 1. The monoisotopic (exact) mass is 242 g/mol. The molecule has 2 heteroatoms. The van der Waals surface area contributed by atoms with Gasteiger partial charge in [0.1, 0.15) is 11.5 Å². The summed E-state index contributed by atoms with van der Waals surface area (Å²) in [4.78, 5) is 0. The second kappa shape index (κ2) is 5.23. The molecule has 0 radical (unpaired) electrons. The van der Waals surface area contributed by atoms with Crippen molar-refractivity contribution in [3.05, 3.63) is 59.2 Å². The molecule has 0 aliphatic rings. The number of benzene rings is 2. The van der Waals surface area contributed by atoms with Gasteiger partial charge in [0.2, 0.25) is 0 Å². The molecule has 2 rings (SSSR count). The van der Waals surface area contributed by atoms with Gasteiger partial charge in [-0.3, -0.25) is 0 Å². The molecule has 0 aliphatic heterocycles. The van der Waals surface area contributed by atoms with Crippen molar-refractivity contribution < 1.29 is 9.84 Å². The van der Waals surface area contributed by atoms with Crippen molar-refractivity contribution in [2.24, 2.45) is 0 Å². The molecule has 0 unspecified atom stereocenters. The summed E-state index contributed by atoms with van der Waals surface area (Å²) in [6, 6.07) is 13.6. The van der Waals surface area contributed by atoms with Crippen LogP contribution in [0, 0.1) is 13.8 Å². The van der Waals surface area contributed by atoms with E-state index in [0.717, 1.165) is 11.3 Å². The average molecular weight is 242 g/mol. The quantitative estimate of drug-likeness (QED) is 0.876. The SMILES string of the molecule is Cc1cc(C)cc(Oc2ccccc2[C@@H](C)O)c1. The van der Waals surface area contributed by atoms with Crippen molar-refractivity contribution >= 4 is 0 Å². The largest absolute Gasteiger partial charge is 0.457 e. The Bertz CT molecular complexity index is 524. The number of hydrogen-bond acceptors (Lipinski definition) is 2. The standard InChI is InChI=1S/C16H18O2/c1-11-8-12(2)10-14(9-11)18-16-7-5-4-6-15(16)13(3)17/h4-10,13,17H,1-3H3/t13-/m1/s1. The fourth-order valence-electron chi connectivity index (χ4n) is 2.04. The van der Waals surface area contributed by atoms with E-state index in [0.29, 0.717) is 5.75 Å². The van der Waals surface area contributed by atoms with Crippen LogP contribution in [0.15, 0.2) is 42.5 Å². The zero-order chi connectivity index (χ0) is 13.1. The van der Waals surface area contributed by atoms with Crippen LogP contribution in [0.3, 0.4) is 0 Å². The highest BCUT2D eigenvalue weighted by atomic mass is 16.5. The van der Waals surface area contributed by atoms with Crippen LogP contribution >= 0.6 is 0 Å². The van der Waals surface area contributed by atoms with Gasteiger partial charge < -0.3 is 9.84 Å². The summed E-state index contributed by atoms with van der Waals surface area (Å²) in [6.45, 7) is 5.82. The number of para-hydroxylation sites is 1. The summed E-state index contributed by atoms with van der Waals surface area (Å²) < 4.78 is 5.87. The first-order valence-electron chi connectivity index (χ1n) is 6.09. The highest BCUT2D eigenvalue weighted by molar-refractivity contribution is 5.41. The molecule has 2 nitrogen and oxygen atoms in total. The summed E-state index contributed by atoms with van der Waals surface area (Å²) in [5.41, 5.74) is 3.13. The molecule has 2 aromatic carbocycles. The third-order valence-electron chi connectivity index (χ3n) is 2.79. The first-order valence-corrected chi connectivity index (χ1v) is 6.09. The molecule has 2 aromatic rings. The first-order chi connectivity index (χ1) is 8.56. The van der Waals surface area contributed by atoms with Crippen LogP contribution in [0.5, 0.6) is 11.5 Å². The summed E-state index contributed by atoms with van der Waals surface area (Å²) in [5, 5.41) is 9.71. The van der Waals surface area contributed by atoms with Crippen molar-refractivity contribution in [2.75, 3.05) is 0 Å². The third-order valence-corrected chi connectivity index (χ3v) is 2.79. The maximum atomic E-state index is 9.71. The summed E-state index contributed by atoms with van der Waals surface area (Å²) in [6.07, 6.45) is -0.535. The van der Waals surface area contributed by atoms with Gasteiger partial charge in [0.15, 0.2) is 0 Å². The molecular formula is C16H18O2. The Morgan fingerprint density at radius 2 is 1.61 bits per heavy atom. The number of aliphatic hydroxyl groups is 1. The van der Waals surface area contributed by atoms with Crippen LogP contribution in [0.4, 0.5) is 0 Å². The molecule has 0 aromatic heterocycles. The average Bonchev–Trinajstić information content (AvgIpc) is 2.27. The molecule has 1 N–H and O–H groups in total. The zero-order valence-electron chi connectivity index (χ0n) is 11.0. The number of ether oxygens (including phenoxy) is 1. The Morgan fingerprint density at radius 3 is 2.22 bits per heavy atom. The number of rotatable bonds is 3. The molecular weight excluding hydrogens is 224 g/mol. The highest BCUT2D eigenvalue weighted by Crippen LogP contribution is 2.30.